The number of hydrogen-bond acceptors (Lipinski definition) is 3. The molecule has 1 aliphatic heterocycles. The zero-order chi connectivity index (χ0) is 12.3. The fourth-order valence-electron chi connectivity index (χ4n) is 2.00. The summed E-state index contributed by atoms with van der Waals surface area (Å²) in [7, 11) is 0. The van der Waals surface area contributed by atoms with Crippen LogP contribution in [0.3, 0.4) is 0 Å². The number of nitriles is 1. The third-order valence-electron chi connectivity index (χ3n) is 2.96. The highest BCUT2D eigenvalue weighted by molar-refractivity contribution is 5.81. The van der Waals surface area contributed by atoms with Crippen molar-refractivity contribution in [1.82, 2.24) is 5.32 Å². The second kappa shape index (κ2) is 4.88. The number of hydrogen-bond donors (Lipinski definition) is 1. The molecule has 0 bridgehead atoms. The summed E-state index contributed by atoms with van der Waals surface area (Å²) in [4.78, 5) is 13.5. The van der Waals surface area contributed by atoms with Gasteiger partial charge in [-0.15, -0.1) is 0 Å². The minimum Gasteiger partial charge on any atom is -0.362 e. The fraction of sp³-hybridized carbons (Fsp3) is 0.385. The van der Waals surface area contributed by atoms with Crippen LogP contribution in [0.1, 0.15) is 17.5 Å². The minimum atomic E-state index is 0.0597. The summed E-state index contributed by atoms with van der Waals surface area (Å²) in [6, 6.07) is 7.84. The van der Waals surface area contributed by atoms with E-state index in [2.05, 4.69) is 16.3 Å². The summed E-state index contributed by atoms with van der Waals surface area (Å²) in [5, 5.41) is 11.7. The lowest BCUT2D eigenvalue weighted by Crippen LogP contribution is -2.33. The van der Waals surface area contributed by atoms with Gasteiger partial charge in [0.05, 0.1) is 18.2 Å². The van der Waals surface area contributed by atoms with Crippen LogP contribution in [-0.2, 0) is 4.79 Å². The highest BCUT2D eigenvalue weighted by Gasteiger charge is 2.15. The predicted octanol–water partition coefficient (Wildman–Crippen LogP) is 1.19. The number of carbonyl (C=O) groups is 1. The SMILES string of the molecule is Cc1cc(N2CCCNC(=O)C2)ccc1C#N. The first kappa shape index (κ1) is 11.5. The van der Waals surface area contributed by atoms with Crippen molar-refractivity contribution in [1.29, 1.82) is 5.26 Å². The Bertz CT molecular complexity index is 476. The number of rotatable bonds is 1. The first-order chi connectivity index (χ1) is 8.20. The molecule has 1 amide bonds. The first-order valence-corrected chi connectivity index (χ1v) is 5.73. The molecule has 0 aromatic heterocycles. The lowest BCUT2D eigenvalue weighted by Gasteiger charge is -2.21. The number of aryl methyl sites for hydroxylation is 1. The molecule has 1 N–H and O–H groups in total. The van der Waals surface area contributed by atoms with Crippen molar-refractivity contribution >= 4 is 11.6 Å². The highest BCUT2D eigenvalue weighted by atomic mass is 16.2. The van der Waals surface area contributed by atoms with Gasteiger partial charge in [0.1, 0.15) is 0 Å². The normalized spacial score (nSPS) is 16.0. The van der Waals surface area contributed by atoms with Crippen LogP contribution in [0, 0.1) is 18.3 Å². The Kier molecular flexibility index (Phi) is 3.29. The van der Waals surface area contributed by atoms with E-state index in [1.54, 1.807) is 0 Å². The van der Waals surface area contributed by atoms with E-state index in [1.165, 1.54) is 0 Å². The van der Waals surface area contributed by atoms with E-state index in [1.807, 2.05) is 25.1 Å². The van der Waals surface area contributed by atoms with Crippen LogP contribution >= 0.6 is 0 Å². The third-order valence-corrected chi connectivity index (χ3v) is 2.96. The molecule has 1 fully saturated rings. The number of benzene rings is 1. The lowest BCUT2D eigenvalue weighted by atomic mass is 10.1. The number of amides is 1. The molecule has 0 radical (unpaired) electrons. The van der Waals surface area contributed by atoms with Crippen molar-refractivity contribution in [2.45, 2.75) is 13.3 Å². The van der Waals surface area contributed by atoms with E-state index in [9.17, 15) is 4.79 Å². The predicted molar refractivity (Wildman–Crippen MR) is 65.7 cm³/mol. The molecule has 0 aliphatic carbocycles. The van der Waals surface area contributed by atoms with E-state index in [0.717, 1.165) is 30.8 Å². The van der Waals surface area contributed by atoms with Crippen molar-refractivity contribution in [3.05, 3.63) is 29.3 Å². The van der Waals surface area contributed by atoms with Crippen molar-refractivity contribution in [2.24, 2.45) is 0 Å². The number of nitrogens with one attached hydrogen (secondary N) is 1. The van der Waals surface area contributed by atoms with Crippen LogP contribution in [0.25, 0.3) is 0 Å². The maximum Gasteiger partial charge on any atom is 0.239 e. The van der Waals surface area contributed by atoms with Crippen LogP contribution in [0.5, 0.6) is 0 Å². The molecule has 4 heteroatoms. The van der Waals surface area contributed by atoms with Gasteiger partial charge >= 0.3 is 0 Å². The van der Waals surface area contributed by atoms with Gasteiger partial charge < -0.3 is 10.2 Å². The summed E-state index contributed by atoms with van der Waals surface area (Å²) in [5.41, 5.74) is 2.65. The highest BCUT2D eigenvalue weighted by Crippen LogP contribution is 2.19. The maximum atomic E-state index is 11.5. The van der Waals surface area contributed by atoms with Gasteiger partial charge in [0.25, 0.3) is 0 Å². The van der Waals surface area contributed by atoms with Crippen LogP contribution in [0.15, 0.2) is 18.2 Å². The standard InChI is InChI=1S/C13H15N3O/c1-10-7-12(4-3-11(10)8-14)16-6-2-5-15-13(17)9-16/h3-4,7H,2,5-6,9H2,1H3,(H,15,17). The van der Waals surface area contributed by atoms with Crippen LogP contribution in [0.4, 0.5) is 5.69 Å². The van der Waals surface area contributed by atoms with Gasteiger partial charge in [0.15, 0.2) is 0 Å². The fourth-order valence-corrected chi connectivity index (χ4v) is 2.00. The molecular formula is C13H15N3O. The smallest absolute Gasteiger partial charge is 0.239 e. The summed E-state index contributed by atoms with van der Waals surface area (Å²) < 4.78 is 0. The molecule has 2 rings (SSSR count). The van der Waals surface area contributed by atoms with Gasteiger partial charge in [-0.1, -0.05) is 0 Å². The largest absolute Gasteiger partial charge is 0.362 e. The van der Waals surface area contributed by atoms with Crippen molar-refractivity contribution < 1.29 is 4.79 Å². The van der Waals surface area contributed by atoms with Crippen molar-refractivity contribution in [3.63, 3.8) is 0 Å². The number of anilines is 1. The zero-order valence-electron chi connectivity index (χ0n) is 9.86. The third kappa shape index (κ3) is 2.56. The molecule has 1 heterocycles. The first-order valence-electron chi connectivity index (χ1n) is 5.73. The molecule has 1 aromatic rings. The van der Waals surface area contributed by atoms with Gasteiger partial charge in [-0.3, -0.25) is 4.79 Å². The Morgan fingerprint density at radius 2 is 2.29 bits per heavy atom. The molecule has 0 unspecified atom stereocenters. The van der Waals surface area contributed by atoms with Gasteiger partial charge in [0.2, 0.25) is 5.91 Å². The average molecular weight is 229 g/mol. The van der Waals surface area contributed by atoms with E-state index in [0.29, 0.717) is 12.1 Å². The van der Waals surface area contributed by atoms with Gasteiger partial charge in [-0.25, -0.2) is 0 Å². The second-order valence-corrected chi connectivity index (χ2v) is 4.24. The zero-order valence-corrected chi connectivity index (χ0v) is 9.86. The lowest BCUT2D eigenvalue weighted by molar-refractivity contribution is -0.119. The van der Waals surface area contributed by atoms with Crippen LogP contribution in [0.2, 0.25) is 0 Å². The molecule has 1 saturated heterocycles. The Morgan fingerprint density at radius 1 is 1.47 bits per heavy atom. The monoisotopic (exact) mass is 229 g/mol. The Morgan fingerprint density at radius 3 is 3.00 bits per heavy atom. The maximum absolute atomic E-state index is 11.5. The Hall–Kier alpha value is -2.02. The molecule has 1 aromatic carbocycles. The van der Waals surface area contributed by atoms with Gasteiger partial charge in [0, 0.05) is 18.8 Å². The van der Waals surface area contributed by atoms with E-state index >= 15 is 0 Å². The van der Waals surface area contributed by atoms with E-state index in [-0.39, 0.29) is 5.91 Å². The molecule has 1 aliphatic rings. The molecule has 0 spiro atoms. The van der Waals surface area contributed by atoms with Crippen molar-refractivity contribution in [3.8, 4) is 6.07 Å². The average Bonchev–Trinajstić information content (AvgIpc) is 2.54. The van der Waals surface area contributed by atoms with Crippen LogP contribution in [-0.4, -0.2) is 25.5 Å². The summed E-state index contributed by atoms with van der Waals surface area (Å²) in [6.45, 7) is 3.92. The molecule has 0 saturated carbocycles. The minimum absolute atomic E-state index is 0.0597. The second-order valence-electron chi connectivity index (χ2n) is 4.24. The van der Waals surface area contributed by atoms with Crippen molar-refractivity contribution in [2.75, 3.05) is 24.5 Å². The summed E-state index contributed by atoms with van der Waals surface area (Å²) in [6.07, 6.45) is 0.949. The summed E-state index contributed by atoms with van der Waals surface area (Å²) in [5.74, 6) is 0.0597. The molecule has 4 nitrogen and oxygen atoms in total. The van der Waals surface area contributed by atoms with E-state index in [4.69, 9.17) is 5.26 Å². The molecular weight excluding hydrogens is 214 g/mol. The van der Waals surface area contributed by atoms with Crippen LogP contribution < -0.4 is 10.2 Å². The summed E-state index contributed by atoms with van der Waals surface area (Å²) >= 11 is 0. The molecule has 0 atom stereocenters. The number of carbonyl (C=O) groups excluding carboxylic acids is 1. The quantitative estimate of drug-likeness (QED) is 0.787. The Labute approximate surface area is 101 Å². The van der Waals surface area contributed by atoms with E-state index < -0.39 is 0 Å². The van der Waals surface area contributed by atoms with Gasteiger partial charge in [-0.2, -0.15) is 5.26 Å². The number of nitrogens with zero attached hydrogens (tertiary/aromatic N) is 2. The molecule has 17 heavy (non-hydrogen) atoms. The van der Waals surface area contributed by atoms with Gasteiger partial charge in [-0.05, 0) is 37.1 Å². The molecule has 88 valence electrons. The topological polar surface area (TPSA) is 56.1 Å². The Balaban J connectivity index is 2.24.